The summed E-state index contributed by atoms with van der Waals surface area (Å²) in [5, 5.41) is 0. The molecule has 0 aromatic rings. The van der Waals surface area contributed by atoms with Crippen LogP contribution in [0.3, 0.4) is 0 Å². The second-order valence-corrected chi connectivity index (χ2v) is 4.87. The molecule has 0 spiro atoms. The number of hydrogen-bond acceptors (Lipinski definition) is 5. The molecule has 1 aliphatic heterocycles. The summed E-state index contributed by atoms with van der Waals surface area (Å²) < 4.78 is 9.36. The van der Waals surface area contributed by atoms with Crippen molar-refractivity contribution in [3.05, 3.63) is 12.2 Å². The van der Waals surface area contributed by atoms with E-state index in [2.05, 4.69) is 4.74 Å². The predicted molar refractivity (Wildman–Crippen MR) is 54.4 cm³/mol. The Morgan fingerprint density at radius 2 is 2.29 bits per heavy atom. The number of rotatable bonds is 2. The Morgan fingerprint density at radius 3 is 3.00 bits per heavy atom. The van der Waals surface area contributed by atoms with Crippen molar-refractivity contribution in [2.45, 2.75) is 12.8 Å². The minimum Gasteiger partial charge on any atom is -0.469 e. The van der Waals surface area contributed by atoms with Crippen molar-refractivity contribution in [1.29, 1.82) is 0 Å². The molecule has 3 rings (SSSR count). The summed E-state index contributed by atoms with van der Waals surface area (Å²) in [6, 6.07) is 0. The van der Waals surface area contributed by atoms with Crippen molar-refractivity contribution < 1.29 is 23.9 Å². The molecule has 4 atom stereocenters. The van der Waals surface area contributed by atoms with E-state index >= 15 is 0 Å². The van der Waals surface area contributed by atoms with E-state index in [0.717, 1.165) is 6.42 Å². The average Bonchev–Trinajstić information content (AvgIpc) is 2.92. The third kappa shape index (κ3) is 1.11. The molecule has 0 radical (unpaired) electrons. The van der Waals surface area contributed by atoms with Gasteiger partial charge in [-0.15, -0.1) is 0 Å². The Morgan fingerprint density at radius 1 is 1.53 bits per heavy atom. The van der Waals surface area contributed by atoms with Crippen LogP contribution >= 0.6 is 0 Å². The zero-order valence-corrected chi connectivity index (χ0v) is 9.34. The number of ether oxygens (including phenoxy) is 2. The lowest BCUT2D eigenvalue weighted by Gasteiger charge is -2.29. The lowest BCUT2D eigenvalue weighted by molar-refractivity contribution is -0.159. The Bertz CT molecular complexity index is 452. The lowest BCUT2D eigenvalue weighted by atomic mass is 9.68. The Labute approximate surface area is 97.8 Å². The van der Waals surface area contributed by atoms with E-state index in [4.69, 9.17) is 4.74 Å². The van der Waals surface area contributed by atoms with E-state index in [9.17, 15) is 14.4 Å². The number of esters is 3. The molecule has 90 valence electrons. The van der Waals surface area contributed by atoms with Crippen LogP contribution in [0.5, 0.6) is 0 Å². The maximum atomic E-state index is 11.9. The second-order valence-electron chi connectivity index (χ2n) is 4.87. The molecular formula is C12H12O5. The van der Waals surface area contributed by atoms with Crippen molar-refractivity contribution in [3.8, 4) is 0 Å². The van der Waals surface area contributed by atoms with E-state index in [1.54, 1.807) is 0 Å². The summed E-state index contributed by atoms with van der Waals surface area (Å²) in [6.07, 6.45) is 4.56. The van der Waals surface area contributed by atoms with Crippen LogP contribution in [0.2, 0.25) is 0 Å². The fourth-order valence-corrected chi connectivity index (χ4v) is 3.51. The van der Waals surface area contributed by atoms with Crippen molar-refractivity contribution in [2.75, 3.05) is 7.11 Å². The summed E-state index contributed by atoms with van der Waals surface area (Å²) in [6.45, 7) is 0. The van der Waals surface area contributed by atoms with Crippen molar-refractivity contribution in [2.24, 2.45) is 23.2 Å². The Balaban J connectivity index is 2.04. The molecular weight excluding hydrogens is 224 g/mol. The van der Waals surface area contributed by atoms with E-state index in [1.807, 2.05) is 12.2 Å². The van der Waals surface area contributed by atoms with Crippen LogP contribution in [-0.4, -0.2) is 25.0 Å². The third-order valence-electron chi connectivity index (χ3n) is 4.25. The quantitative estimate of drug-likeness (QED) is 0.395. The van der Waals surface area contributed by atoms with Gasteiger partial charge < -0.3 is 9.47 Å². The number of hydrogen-bond donors (Lipinski definition) is 0. The monoisotopic (exact) mass is 236 g/mol. The number of cyclic esters (lactones) is 2. The molecule has 1 saturated carbocycles. The second kappa shape index (κ2) is 3.18. The largest absolute Gasteiger partial charge is 0.469 e. The van der Waals surface area contributed by atoms with Gasteiger partial charge in [-0.25, -0.2) is 0 Å². The molecule has 1 saturated heterocycles. The van der Waals surface area contributed by atoms with Crippen LogP contribution in [0.1, 0.15) is 12.8 Å². The van der Waals surface area contributed by atoms with Gasteiger partial charge in [-0.2, -0.15) is 0 Å². The van der Waals surface area contributed by atoms with Crippen LogP contribution in [0.4, 0.5) is 0 Å². The molecule has 2 fully saturated rings. The molecule has 1 heterocycles. The molecule has 17 heavy (non-hydrogen) atoms. The summed E-state index contributed by atoms with van der Waals surface area (Å²) in [7, 11) is 1.28. The molecule has 0 amide bonds. The molecule has 5 heteroatoms. The van der Waals surface area contributed by atoms with Gasteiger partial charge in [0.05, 0.1) is 24.9 Å². The van der Waals surface area contributed by atoms with E-state index < -0.39 is 29.2 Å². The maximum Gasteiger partial charge on any atom is 0.321 e. The summed E-state index contributed by atoms with van der Waals surface area (Å²) in [4.78, 5) is 35.1. The third-order valence-corrected chi connectivity index (χ3v) is 4.25. The summed E-state index contributed by atoms with van der Waals surface area (Å²) in [5.41, 5.74) is -0.996. The van der Waals surface area contributed by atoms with Crippen LogP contribution < -0.4 is 0 Å². The van der Waals surface area contributed by atoms with Crippen LogP contribution in [0.15, 0.2) is 12.2 Å². The first-order valence-corrected chi connectivity index (χ1v) is 5.61. The molecule has 0 aromatic heterocycles. The van der Waals surface area contributed by atoms with E-state index in [1.165, 1.54) is 7.11 Å². The van der Waals surface area contributed by atoms with E-state index in [-0.39, 0.29) is 18.3 Å². The van der Waals surface area contributed by atoms with Crippen molar-refractivity contribution >= 4 is 17.9 Å². The molecule has 2 aliphatic carbocycles. The van der Waals surface area contributed by atoms with Crippen LogP contribution in [-0.2, 0) is 23.9 Å². The number of fused-ring (bicyclic) bond motifs is 5. The normalized spacial score (nSPS) is 41.6. The molecule has 0 N–H and O–H groups in total. The molecule has 5 nitrogen and oxygen atoms in total. The van der Waals surface area contributed by atoms with Gasteiger partial charge in [0.2, 0.25) is 0 Å². The fraction of sp³-hybridized carbons (Fsp3) is 0.583. The topological polar surface area (TPSA) is 69.7 Å². The fourth-order valence-electron chi connectivity index (χ4n) is 3.51. The Hall–Kier alpha value is -1.65. The molecule has 4 unspecified atom stereocenters. The number of methoxy groups -OCH3 is 1. The van der Waals surface area contributed by atoms with Crippen molar-refractivity contribution in [3.63, 3.8) is 0 Å². The number of carbonyl (C=O) groups is 3. The highest BCUT2D eigenvalue weighted by Crippen LogP contribution is 2.61. The minimum absolute atomic E-state index is 0.0311. The number of carbonyl (C=O) groups excluding carboxylic acids is 3. The first-order chi connectivity index (χ1) is 8.09. The zero-order chi connectivity index (χ0) is 12.2. The van der Waals surface area contributed by atoms with Gasteiger partial charge in [-0.3, -0.25) is 14.4 Å². The minimum atomic E-state index is -0.996. The zero-order valence-electron chi connectivity index (χ0n) is 9.34. The highest BCUT2D eigenvalue weighted by atomic mass is 16.6. The van der Waals surface area contributed by atoms with Gasteiger partial charge >= 0.3 is 17.9 Å². The van der Waals surface area contributed by atoms with Gasteiger partial charge in [-0.05, 0) is 18.3 Å². The first-order valence-electron chi connectivity index (χ1n) is 5.61. The van der Waals surface area contributed by atoms with Gasteiger partial charge in [0.1, 0.15) is 0 Å². The lowest BCUT2D eigenvalue weighted by Crippen LogP contribution is -2.40. The van der Waals surface area contributed by atoms with Crippen molar-refractivity contribution in [1.82, 2.24) is 0 Å². The summed E-state index contributed by atoms with van der Waals surface area (Å²) in [5.74, 6) is -2.06. The van der Waals surface area contributed by atoms with E-state index in [0.29, 0.717) is 0 Å². The number of allylic oxidation sites excluding steroid dienone is 2. The highest BCUT2D eigenvalue weighted by molar-refractivity contribution is 6.02. The van der Waals surface area contributed by atoms with Crippen LogP contribution in [0, 0.1) is 23.2 Å². The molecule has 2 bridgehead atoms. The summed E-state index contributed by atoms with van der Waals surface area (Å²) >= 11 is 0. The average molecular weight is 236 g/mol. The highest BCUT2D eigenvalue weighted by Gasteiger charge is 2.69. The van der Waals surface area contributed by atoms with Gasteiger partial charge in [0, 0.05) is 0 Å². The van der Waals surface area contributed by atoms with Gasteiger partial charge in [0.25, 0.3) is 0 Å². The maximum absolute atomic E-state index is 11.9. The van der Waals surface area contributed by atoms with Crippen LogP contribution in [0.25, 0.3) is 0 Å². The van der Waals surface area contributed by atoms with Gasteiger partial charge in [-0.1, -0.05) is 12.2 Å². The molecule has 0 aromatic carbocycles. The van der Waals surface area contributed by atoms with Gasteiger partial charge in [0.15, 0.2) is 0 Å². The SMILES string of the molecule is COC(=O)CC12C(=O)OC(=O)C1C1C=CC2C1. The molecule has 3 aliphatic rings. The smallest absolute Gasteiger partial charge is 0.321 e. The first kappa shape index (κ1) is 10.5. The standard InChI is InChI=1S/C12H12O5/c1-16-8(13)5-12-7-3-2-6(4-7)9(12)10(14)17-11(12)15/h2-3,6-7,9H,4-5H2,1H3. The Kier molecular flexibility index (Phi) is 1.97. The predicted octanol–water partition coefficient (Wildman–Crippen LogP) is 0.441.